The van der Waals surface area contributed by atoms with Gasteiger partial charge in [-0.1, -0.05) is 40.5 Å². The highest BCUT2D eigenvalue weighted by Gasteiger charge is 2.27. The Morgan fingerprint density at radius 3 is 2.36 bits per heavy atom. The van der Waals surface area contributed by atoms with Gasteiger partial charge in [0.1, 0.15) is 0 Å². The van der Waals surface area contributed by atoms with Crippen molar-refractivity contribution in [2.45, 2.75) is 65.9 Å². The lowest BCUT2D eigenvalue weighted by Crippen LogP contribution is -2.30. The Labute approximate surface area is 90.2 Å². The summed E-state index contributed by atoms with van der Waals surface area (Å²) in [6.45, 7) is 8.61. The van der Waals surface area contributed by atoms with Gasteiger partial charge in [0.2, 0.25) is 0 Å². The van der Waals surface area contributed by atoms with E-state index in [1.165, 1.54) is 32.1 Å². The monoisotopic (exact) mass is 200 g/mol. The molecule has 0 aromatic carbocycles. The van der Waals surface area contributed by atoms with E-state index in [-0.39, 0.29) is 0 Å². The van der Waals surface area contributed by atoms with Gasteiger partial charge in [-0.3, -0.25) is 0 Å². The molecular weight excluding hydrogens is 172 g/mol. The lowest BCUT2D eigenvalue weighted by Gasteiger charge is -2.33. The molecule has 1 rings (SSSR count). The maximum Gasteiger partial charge on any atom is 0.0602 e. The second kappa shape index (κ2) is 8.28. The Balaban J connectivity index is 0.000000791. The van der Waals surface area contributed by atoms with Crippen LogP contribution in [0, 0.1) is 11.8 Å². The van der Waals surface area contributed by atoms with E-state index in [1.807, 2.05) is 21.0 Å². The Morgan fingerprint density at radius 2 is 1.86 bits per heavy atom. The summed E-state index contributed by atoms with van der Waals surface area (Å²) in [4.78, 5) is 0. The van der Waals surface area contributed by atoms with Crippen molar-refractivity contribution in [3.8, 4) is 0 Å². The van der Waals surface area contributed by atoms with Gasteiger partial charge < -0.3 is 4.74 Å². The molecule has 0 amide bonds. The van der Waals surface area contributed by atoms with Gasteiger partial charge in [0, 0.05) is 7.11 Å². The molecule has 3 atom stereocenters. The molecule has 0 unspecified atom stereocenters. The predicted molar refractivity (Wildman–Crippen MR) is 63.6 cm³/mol. The fourth-order valence-corrected chi connectivity index (χ4v) is 2.38. The Morgan fingerprint density at radius 1 is 1.21 bits per heavy atom. The predicted octanol–water partition coefficient (Wildman–Crippen LogP) is 4.26. The number of rotatable bonds is 3. The normalized spacial score (nSPS) is 31.9. The highest BCUT2D eigenvalue weighted by molar-refractivity contribution is 4.78. The number of hydrogen-bond acceptors (Lipinski definition) is 1. The molecule has 1 heteroatoms. The molecule has 0 aliphatic heterocycles. The minimum atomic E-state index is 0.550. The number of methoxy groups -OCH3 is 1. The van der Waals surface area contributed by atoms with E-state index in [0.717, 1.165) is 11.8 Å². The Hall–Kier alpha value is -0.0400. The third kappa shape index (κ3) is 4.45. The average Bonchev–Trinajstić information content (AvgIpc) is 2.24. The molecule has 0 spiro atoms. The summed E-state index contributed by atoms with van der Waals surface area (Å²) in [6.07, 6.45) is 7.28. The standard InChI is InChI=1S/C11H22O.C2H6/c1-4-5-10-7-6-9(2)8-11(10)12-3;1-2/h9-11H,4-8H2,1-3H3;1-2H3/t9-,10-,11-;/m1./s1. The zero-order valence-electron chi connectivity index (χ0n) is 10.7. The molecule has 1 aliphatic rings. The first-order valence-electron chi connectivity index (χ1n) is 6.30. The molecule has 0 bridgehead atoms. The molecule has 1 nitrogen and oxygen atoms in total. The number of ether oxygens (including phenoxy) is 1. The van der Waals surface area contributed by atoms with Gasteiger partial charge in [0.15, 0.2) is 0 Å². The van der Waals surface area contributed by atoms with Crippen LogP contribution in [0.4, 0.5) is 0 Å². The lowest BCUT2D eigenvalue weighted by molar-refractivity contribution is 0.00438. The molecule has 0 aromatic heterocycles. The second-order valence-corrected chi connectivity index (χ2v) is 4.24. The molecule has 14 heavy (non-hydrogen) atoms. The third-order valence-corrected chi connectivity index (χ3v) is 3.15. The molecule has 1 fully saturated rings. The van der Waals surface area contributed by atoms with E-state index in [2.05, 4.69) is 13.8 Å². The molecule has 0 aromatic rings. The molecule has 0 saturated heterocycles. The van der Waals surface area contributed by atoms with Crippen LogP contribution in [0.25, 0.3) is 0 Å². The van der Waals surface area contributed by atoms with Crippen molar-refractivity contribution >= 4 is 0 Å². The van der Waals surface area contributed by atoms with Crippen LogP contribution in [0.15, 0.2) is 0 Å². The van der Waals surface area contributed by atoms with Gasteiger partial charge >= 0.3 is 0 Å². The van der Waals surface area contributed by atoms with Gasteiger partial charge in [-0.15, -0.1) is 0 Å². The fourth-order valence-electron chi connectivity index (χ4n) is 2.38. The quantitative estimate of drug-likeness (QED) is 0.661. The number of hydrogen-bond donors (Lipinski definition) is 0. The van der Waals surface area contributed by atoms with Gasteiger partial charge in [0.05, 0.1) is 6.10 Å². The SMILES string of the molecule is CC.CCC[C@@H]1CC[C@@H](C)C[C@H]1OC. The summed E-state index contributed by atoms with van der Waals surface area (Å²) in [5, 5.41) is 0. The van der Waals surface area contributed by atoms with Gasteiger partial charge in [0.25, 0.3) is 0 Å². The first-order chi connectivity index (χ1) is 6.77. The van der Waals surface area contributed by atoms with E-state index in [9.17, 15) is 0 Å². The summed E-state index contributed by atoms with van der Waals surface area (Å²) in [6, 6.07) is 0. The smallest absolute Gasteiger partial charge is 0.0602 e. The van der Waals surface area contributed by atoms with Crippen LogP contribution in [0.1, 0.15) is 59.8 Å². The lowest BCUT2D eigenvalue weighted by atomic mass is 9.78. The van der Waals surface area contributed by atoms with Crippen LogP contribution < -0.4 is 0 Å². The topological polar surface area (TPSA) is 9.23 Å². The fraction of sp³-hybridized carbons (Fsp3) is 1.00. The molecule has 1 aliphatic carbocycles. The summed E-state index contributed by atoms with van der Waals surface area (Å²) in [7, 11) is 1.87. The van der Waals surface area contributed by atoms with Crippen LogP contribution in [-0.4, -0.2) is 13.2 Å². The first kappa shape index (κ1) is 14.0. The summed E-state index contributed by atoms with van der Waals surface area (Å²) >= 11 is 0. The van der Waals surface area contributed by atoms with Crippen molar-refractivity contribution in [3.05, 3.63) is 0 Å². The highest BCUT2D eigenvalue weighted by Crippen LogP contribution is 2.33. The largest absolute Gasteiger partial charge is 0.381 e. The Bertz CT molecular complexity index is 122. The minimum absolute atomic E-state index is 0.550. The van der Waals surface area contributed by atoms with Crippen molar-refractivity contribution in [3.63, 3.8) is 0 Å². The van der Waals surface area contributed by atoms with Crippen LogP contribution >= 0.6 is 0 Å². The van der Waals surface area contributed by atoms with Crippen molar-refractivity contribution in [2.75, 3.05) is 7.11 Å². The maximum atomic E-state index is 5.53. The first-order valence-corrected chi connectivity index (χ1v) is 6.30. The average molecular weight is 200 g/mol. The van der Waals surface area contributed by atoms with E-state index in [1.54, 1.807) is 0 Å². The van der Waals surface area contributed by atoms with Gasteiger partial charge in [-0.25, -0.2) is 0 Å². The van der Waals surface area contributed by atoms with Gasteiger partial charge in [-0.05, 0) is 31.1 Å². The zero-order chi connectivity index (χ0) is 11.0. The van der Waals surface area contributed by atoms with Crippen molar-refractivity contribution in [1.29, 1.82) is 0 Å². The molecule has 0 radical (unpaired) electrons. The molecular formula is C13H28O. The molecule has 1 saturated carbocycles. The zero-order valence-corrected chi connectivity index (χ0v) is 10.7. The van der Waals surface area contributed by atoms with Crippen LogP contribution in [0.5, 0.6) is 0 Å². The molecule has 86 valence electrons. The molecule has 0 heterocycles. The molecule has 0 N–H and O–H groups in total. The Kier molecular flexibility index (Phi) is 8.26. The maximum absolute atomic E-state index is 5.53. The van der Waals surface area contributed by atoms with Crippen LogP contribution in [0.2, 0.25) is 0 Å². The van der Waals surface area contributed by atoms with E-state index < -0.39 is 0 Å². The van der Waals surface area contributed by atoms with Gasteiger partial charge in [-0.2, -0.15) is 0 Å². The second-order valence-electron chi connectivity index (χ2n) is 4.24. The summed E-state index contributed by atoms with van der Waals surface area (Å²) in [5.74, 6) is 1.72. The van der Waals surface area contributed by atoms with Crippen molar-refractivity contribution in [2.24, 2.45) is 11.8 Å². The summed E-state index contributed by atoms with van der Waals surface area (Å²) in [5.41, 5.74) is 0. The van der Waals surface area contributed by atoms with E-state index in [4.69, 9.17) is 4.74 Å². The van der Waals surface area contributed by atoms with Crippen molar-refractivity contribution < 1.29 is 4.74 Å². The minimum Gasteiger partial charge on any atom is -0.381 e. The van der Waals surface area contributed by atoms with E-state index in [0.29, 0.717) is 6.10 Å². The summed E-state index contributed by atoms with van der Waals surface area (Å²) < 4.78 is 5.53. The third-order valence-electron chi connectivity index (χ3n) is 3.15. The van der Waals surface area contributed by atoms with E-state index >= 15 is 0 Å². The van der Waals surface area contributed by atoms with Crippen molar-refractivity contribution in [1.82, 2.24) is 0 Å². The van der Waals surface area contributed by atoms with Crippen LogP contribution in [0.3, 0.4) is 0 Å². The highest BCUT2D eigenvalue weighted by atomic mass is 16.5. The van der Waals surface area contributed by atoms with Crippen LogP contribution in [-0.2, 0) is 4.74 Å².